The number of nitrogens with zero attached hydrogens (tertiary/aromatic N) is 3. The first-order valence-electron chi connectivity index (χ1n) is 8.27. The molecule has 1 unspecified atom stereocenters. The third-order valence-corrected chi connectivity index (χ3v) is 6.31. The van der Waals surface area contributed by atoms with E-state index in [1.807, 2.05) is 32.0 Å². The molecule has 1 N–H and O–H groups in total. The van der Waals surface area contributed by atoms with E-state index in [2.05, 4.69) is 15.4 Å². The van der Waals surface area contributed by atoms with Crippen molar-refractivity contribution in [3.63, 3.8) is 0 Å². The normalized spacial score (nSPS) is 19.0. The van der Waals surface area contributed by atoms with Gasteiger partial charge in [0.05, 0.1) is 41.9 Å². The Kier molecular flexibility index (Phi) is 4.89. The minimum atomic E-state index is -2.97. The van der Waals surface area contributed by atoms with Crippen molar-refractivity contribution in [2.45, 2.75) is 39.3 Å². The lowest BCUT2D eigenvalue weighted by molar-refractivity contribution is -0.120. The Labute approximate surface area is 147 Å². The third-order valence-electron chi connectivity index (χ3n) is 4.56. The van der Waals surface area contributed by atoms with E-state index >= 15 is 0 Å². The molecule has 25 heavy (non-hydrogen) atoms. The van der Waals surface area contributed by atoms with Gasteiger partial charge in [0.25, 0.3) is 0 Å². The van der Waals surface area contributed by atoms with Crippen LogP contribution in [-0.4, -0.2) is 40.6 Å². The maximum absolute atomic E-state index is 12.3. The molecule has 2 aromatic rings. The molecular formula is C17H22N4O3S. The van der Waals surface area contributed by atoms with Crippen molar-refractivity contribution in [3.8, 4) is 0 Å². The molecule has 1 aliphatic heterocycles. The number of carbonyl (C=O) groups excluding carboxylic acids is 1. The number of aromatic nitrogens is 3. The zero-order valence-electron chi connectivity index (χ0n) is 14.4. The average Bonchev–Trinajstić information content (AvgIpc) is 3.07. The predicted molar refractivity (Wildman–Crippen MR) is 93.8 cm³/mol. The van der Waals surface area contributed by atoms with Crippen LogP contribution in [0.5, 0.6) is 0 Å². The smallest absolute Gasteiger partial charge is 0.224 e. The van der Waals surface area contributed by atoms with Gasteiger partial charge >= 0.3 is 0 Å². The van der Waals surface area contributed by atoms with Gasteiger partial charge in [-0.25, -0.2) is 8.42 Å². The lowest BCUT2D eigenvalue weighted by atomic mass is 10.1. The van der Waals surface area contributed by atoms with Crippen LogP contribution < -0.4 is 5.32 Å². The number of pyridine rings is 1. The number of rotatable bonds is 5. The highest BCUT2D eigenvalue weighted by Gasteiger charge is 2.31. The van der Waals surface area contributed by atoms with E-state index in [-0.39, 0.29) is 29.9 Å². The van der Waals surface area contributed by atoms with Crippen molar-refractivity contribution in [2.24, 2.45) is 0 Å². The van der Waals surface area contributed by atoms with E-state index in [9.17, 15) is 13.2 Å². The van der Waals surface area contributed by atoms with Crippen molar-refractivity contribution >= 4 is 15.7 Å². The summed E-state index contributed by atoms with van der Waals surface area (Å²) >= 11 is 0. The van der Waals surface area contributed by atoms with E-state index in [0.717, 1.165) is 22.6 Å². The van der Waals surface area contributed by atoms with E-state index in [1.165, 1.54) is 0 Å². The molecule has 2 aromatic heterocycles. The minimum Gasteiger partial charge on any atom is -0.350 e. The Morgan fingerprint density at radius 2 is 2.16 bits per heavy atom. The Bertz CT molecular complexity index is 875. The van der Waals surface area contributed by atoms with Crippen molar-refractivity contribution in [1.29, 1.82) is 0 Å². The lowest BCUT2D eigenvalue weighted by Gasteiger charge is -2.11. The maximum atomic E-state index is 12.3. The number of amides is 1. The first-order valence-corrected chi connectivity index (χ1v) is 10.1. The van der Waals surface area contributed by atoms with Crippen LogP contribution in [0.4, 0.5) is 0 Å². The molecular weight excluding hydrogens is 340 g/mol. The van der Waals surface area contributed by atoms with Crippen molar-refractivity contribution in [2.75, 3.05) is 11.5 Å². The molecule has 0 aromatic carbocycles. The molecule has 0 aliphatic carbocycles. The molecule has 0 spiro atoms. The molecule has 1 amide bonds. The van der Waals surface area contributed by atoms with Crippen LogP contribution >= 0.6 is 0 Å². The van der Waals surface area contributed by atoms with Crippen molar-refractivity contribution in [1.82, 2.24) is 20.1 Å². The third kappa shape index (κ3) is 4.07. The summed E-state index contributed by atoms with van der Waals surface area (Å²) in [6.07, 6.45) is 2.50. The number of hydrogen-bond donors (Lipinski definition) is 1. The summed E-state index contributed by atoms with van der Waals surface area (Å²) in [6.45, 7) is 4.13. The zero-order valence-corrected chi connectivity index (χ0v) is 15.2. The topological polar surface area (TPSA) is 94.0 Å². The second kappa shape index (κ2) is 6.95. The number of nitrogens with one attached hydrogen (secondary N) is 1. The van der Waals surface area contributed by atoms with Gasteiger partial charge in [-0.1, -0.05) is 6.07 Å². The monoisotopic (exact) mass is 362 g/mol. The first-order chi connectivity index (χ1) is 11.9. The summed E-state index contributed by atoms with van der Waals surface area (Å²) in [5.74, 6) is 0.228. The van der Waals surface area contributed by atoms with Gasteiger partial charge in [-0.2, -0.15) is 5.10 Å². The number of sulfone groups is 1. The van der Waals surface area contributed by atoms with Gasteiger partial charge in [-0.05, 0) is 32.4 Å². The summed E-state index contributed by atoms with van der Waals surface area (Å²) in [6, 6.07) is 5.43. The zero-order chi connectivity index (χ0) is 18.0. The predicted octanol–water partition coefficient (Wildman–Crippen LogP) is 1.11. The molecule has 1 fully saturated rings. The molecule has 1 aliphatic rings. The van der Waals surface area contributed by atoms with E-state index in [4.69, 9.17) is 0 Å². The van der Waals surface area contributed by atoms with E-state index in [0.29, 0.717) is 13.0 Å². The Morgan fingerprint density at radius 1 is 1.36 bits per heavy atom. The summed E-state index contributed by atoms with van der Waals surface area (Å²) in [4.78, 5) is 16.4. The highest BCUT2D eigenvalue weighted by atomic mass is 32.2. The fourth-order valence-electron chi connectivity index (χ4n) is 3.19. The van der Waals surface area contributed by atoms with Crippen LogP contribution in [0.3, 0.4) is 0 Å². The van der Waals surface area contributed by atoms with E-state index < -0.39 is 9.84 Å². The molecule has 134 valence electrons. The standard InChI is InChI=1S/C17H22N4O3S/c1-12-16(9-17(22)19-10-14-5-3-4-7-18-14)13(2)21(20-12)15-6-8-25(23,24)11-15/h3-5,7,15H,6,8-11H2,1-2H3,(H,19,22). The largest absolute Gasteiger partial charge is 0.350 e. The second-order valence-electron chi connectivity index (χ2n) is 6.43. The van der Waals surface area contributed by atoms with Gasteiger partial charge < -0.3 is 5.32 Å². The van der Waals surface area contributed by atoms with Crippen LogP contribution in [0.15, 0.2) is 24.4 Å². The van der Waals surface area contributed by atoms with Crippen molar-refractivity contribution < 1.29 is 13.2 Å². The Balaban J connectivity index is 1.67. The van der Waals surface area contributed by atoms with Crippen LogP contribution in [0.2, 0.25) is 0 Å². The van der Waals surface area contributed by atoms with Crippen LogP contribution in [0.25, 0.3) is 0 Å². The Morgan fingerprint density at radius 3 is 2.80 bits per heavy atom. The van der Waals surface area contributed by atoms with Gasteiger partial charge in [-0.3, -0.25) is 14.5 Å². The van der Waals surface area contributed by atoms with Gasteiger partial charge in [0, 0.05) is 17.5 Å². The molecule has 3 rings (SSSR count). The van der Waals surface area contributed by atoms with Crippen LogP contribution in [0, 0.1) is 13.8 Å². The molecule has 1 saturated heterocycles. The van der Waals surface area contributed by atoms with Gasteiger partial charge in [0.1, 0.15) is 0 Å². The molecule has 0 bridgehead atoms. The molecule has 7 nitrogen and oxygen atoms in total. The summed E-state index contributed by atoms with van der Waals surface area (Å²) in [5, 5.41) is 7.35. The summed E-state index contributed by atoms with van der Waals surface area (Å²) < 4.78 is 25.2. The molecule has 3 heterocycles. The lowest BCUT2D eigenvalue weighted by Crippen LogP contribution is -2.25. The van der Waals surface area contributed by atoms with Crippen molar-refractivity contribution in [3.05, 3.63) is 47.0 Å². The second-order valence-corrected chi connectivity index (χ2v) is 8.65. The maximum Gasteiger partial charge on any atom is 0.224 e. The van der Waals surface area contributed by atoms with Gasteiger partial charge in [-0.15, -0.1) is 0 Å². The molecule has 1 atom stereocenters. The Hall–Kier alpha value is -2.22. The average molecular weight is 362 g/mol. The quantitative estimate of drug-likeness (QED) is 0.860. The molecule has 8 heteroatoms. The fraction of sp³-hybridized carbons (Fsp3) is 0.471. The summed E-state index contributed by atoms with van der Waals surface area (Å²) in [7, 11) is -2.97. The highest BCUT2D eigenvalue weighted by Crippen LogP contribution is 2.26. The highest BCUT2D eigenvalue weighted by molar-refractivity contribution is 7.91. The number of carbonyl (C=O) groups is 1. The minimum absolute atomic E-state index is 0.101. The van der Waals surface area contributed by atoms with Gasteiger partial charge in [0.15, 0.2) is 9.84 Å². The number of hydrogen-bond acceptors (Lipinski definition) is 5. The van der Waals surface area contributed by atoms with Crippen LogP contribution in [-0.2, 0) is 27.6 Å². The first kappa shape index (κ1) is 17.6. The SMILES string of the molecule is Cc1nn(C2CCS(=O)(=O)C2)c(C)c1CC(=O)NCc1ccccn1. The van der Waals surface area contributed by atoms with E-state index in [1.54, 1.807) is 10.9 Å². The van der Waals surface area contributed by atoms with Gasteiger partial charge in [0.2, 0.25) is 5.91 Å². The fourth-order valence-corrected chi connectivity index (χ4v) is 4.88. The number of aryl methyl sites for hydroxylation is 1. The summed E-state index contributed by atoms with van der Waals surface area (Å²) in [5.41, 5.74) is 3.31. The van der Waals surface area contributed by atoms with Crippen LogP contribution in [0.1, 0.15) is 35.1 Å². The molecule has 0 saturated carbocycles. The molecule has 0 radical (unpaired) electrons.